The summed E-state index contributed by atoms with van der Waals surface area (Å²) >= 11 is 0. The molecule has 2 aromatic heterocycles. The minimum absolute atomic E-state index is 0.286. The standard InChI is InChI=1S/C14H16FN3O2/c1-2-20-14(19)12-9-18-8-11(3-4-13(18)16-12)17-6-5-10(15)7-17/h3-4,8-10H,2,5-7H2,1H3. The Morgan fingerprint density at radius 2 is 2.35 bits per heavy atom. The number of pyridine rings is 1. The van der Waals surface area contributed by atoms with Crippen molar-refractivity contribution in [1.29, 1.82) is 0 Å². The van der Waals surface area contributed by atoms with E-state index in [0.717, 1.165) is 5.69 Å². The first-order valence-corrected chi connectivity index (χ1v) is 6.72. The van der Waals surface area contributed by atoms with Crippen LogP contribution in [0, 0.1) is 0 Å². The molecule has 20 heavy (non-hydrogen) atoms. The molecule has 1 unspecified atom stereocenters. The highest BCUT2D eigenvalue weighted by Crippen LogP contribution is 2.22. The largest absolute Gasteiger partial charge is 0.461 e. The molecule has 0 aromatic carbocycles. The number of halogens is 1. The average molecular weight is 277 g/mol. The lowest BCUT2D eigenvalue weighted by molar-refractivity contribution is 0.0520. The van der Waals surface area contributed by atoms with Gasteiger partial charge in [-0.15, -0.1) is 0 Å². The van der Waals surface area contributed by atoms with Crippen molar-refractivity contribution in [3.8, 4) is 0 Å². The van der Waals surface area contributed by atoms with Crippen molar-refractivity contribution in [3.63, 3.8) is 0 Å². The third-order valence-electron chi connectivity index (χ3n) is 3.42. The second kappa shape index (κ2) is 5.11. The van der Waals surface area contributed by atoms with Crippen LogP contribution in [-0.2, 0) is 4.74 Å². The van der Waals surface area contributed by atoms with Gasteiger partial charge in [-0.3, -0.25) is 0 Å². The van der Waals surface area contributed by atoms with Gasteiger partial charge >= 0.3 is 5.97 Å². The molecule has 6 heteroatoms. The summed E-state index contributed by atoms with van der Waals surface area (Å²) in [4.78, 5) is 17.8. The van der Waals surface area contributed by atoms with Crippen molar-refractivity contribution in [1.82, 2.24) is 9.38 Å². The zero-order chi connectivity index (χ0) is 14.1. The van der Waals surface area contributed by atoms with Gasteiger partial charge in [-0.1, -0.05) is 0 Å². The topological polar surface area (TPSA) is 46.8 Å². The molecule has 1 saturated heterocycles. The number of imidazole rings is 1. The molecule has 0 N–H and O–H groups in total. The van der Waals surface area contributed by atoms with E-state index in [1.165, 1.54) is 0 Å². The summed E-state index contributed by atoms with van der Waals surface area (Å²) in [7, 11) is 0. The Bertz CT molecular complexity index is 640. The molecule has 0 aliphatic carbocycles. The van der Waals surface area contributed by atoms with Gasteiger partial charge in [-0.2, -0.15) is 0 Å². The second-order valence-electron chi connectivity index (χ2n) is 4.83. The van der Waals surface area contributed by atoms with Crippen LogP contribution < -0.4 is 4.90 Å². The highest BCUT2D eigenvalue weighted by Gasteiger charge is 2.22. The normalized spacial score (nSPS) is 18.7. The summed E-state index contributed by atoms with van der Waals surface area (Å²) in [5.74, 6) is -0.428. The van der Waals surface area contributed by atoms with Crippen molar-refractivity contribution in [2.24, 2.45) is 0 Å². The van der Waals surface area contributed by atoms with Gasteiger partial charge < -0.3 is 14.0 Å². The zero-order valence-corrected chi connectivity index (χ0v) is 11.3. The molecule has 1 aliphatic heterocycles. The van der Waals surface area contributed by atoms with Crippen molar-refractivity contribution >= 4 is 17.3 Å². The van der Waals surface area contributed by atoms with Gasteiger partial charge in [0.1, 0.15) is 11.8 Å². The first-order chi connectivity index (χ1) is 9.67. The minimum atomic E-state index is -0.761. The Labute approximate surface area is 116 Å². The number of hydrogen-bond acceptors (Lipinski definition) is 4. The number of carbonyl (C=O) groups is 1. The van der Waals surface area contributed by atoms with Crippen LogP contribution in [0.3, 0.4) is 0 Å². The van der Waals surface area contributed by atoms with Gasteiger partial charge in [0, 0.05) is 25.5 Å². The van der Waals surface area contributed by atoms with Crippen LogP contribution in [0.2, 0.25) is 0 Å². The number of rotatable bonds is 3. The minimum Gasteiger partial charge on any atom is -0.461 e. The summed E-state index contributed by atoms with van der Waals surface area (Å²) in [5, 5.41) is 0. The molecule has 0 radical (unpaired) electrons. The van der Waals surface area contributed by atoms with Gasteiger partial charge in [0.05, 0.1) is 12.3 Å². The number of anilines is 1. The Morgan fingerprint density at radius 1 is 1.50 bits per heavy atom. The van der Waals surface area contributed by atoms with Crippen LogP contribution in [-0.4, -0.2) is 41.2 Å². The summed E-state index contributed by atoms with van der Waals surface area (Å²) in [6.45, 7) is 3.22. The van der Waals surface area contributed by atoms with Crippen molar-refractivity contribution in [2.75, 3.05) is 24.6 Å². The molecule has 1 aliphatic rings. The van der Waals surface area contributed by atoms with E-state index in [1.54, 1.807) is 17.5 Å². The third-order valence-corrected chi connectivity index (χ3v) is 3.42. The molecule has 1 atom stereocenters. The maximum Gasteiger partial charge on any atom is 0.358 e. The van der Waals surface area contributed by atoms with E-state index >= 15 is 0 Å². The van der Waals surface area contributed by atoms with E-state index in [-0.39, 0.29) is 5.69 Å². The fourth-order valence-electron chi connectivity index (χ4n) is 2.42. The van der Waals surface area contributed by atoms with Crippen LogP contribution in [0.5, 0.6) is 0 Å². The monoisotopic (exact) mass is 277 g/mol. The van der Waals surface area contributed by atoms with Gasteiger partial charge in [0.25, 0.3) is 0 Å². The first kappa shape index (κ1) is 12.9. The van der Waals surface area contributed by atoms with Crippen LogP contribution in [0.1, 0.15) is 23.8 Å². The Hall–Kier alpha value is -2.11. The van der Waals surface area contributed by atoms with Gasteiger partial charge in [-0.25, -0.2) is 14.2 Å². The fraction of sp³-hybridized carbons (Fsp3) is 0.429. The van der Waals surface area contributed by atoms with Gasteiger partial charge in [0.2, 0.25) is 0 Å². The van der Waals surface area contributed by atoms with Crippen molar-refractivity contribution in [2.45, 2.75) is 19.5 Å². The number of aromatic nitrogens is 2. The van der Waals surface area contributed by atoms with Crippen molar-refractivity contribution in [3.05, 3.63) is 30.2 Å². The highest BCUT2D eigenvalue weighted by atomic mass is 19.1. The first-order valence-electron chi connectivity index (χ1n) is 6.72. The van der Waals surface area contributed by atoms with E-state index in [2.05, 4.69) is 4.98 Å². The smallest absolute Gasteiger partial charge is 0.358 e. The highest BCUT2D eigenvalue weighted by molar-refractivity contribution is 5.88. The third kappa shape index (κ3) is 2.33. The number of hydrogen-bond donors (Lipinski definition) is 0. The van der Waals surface area contributed by atoms with E-state index in [1.807, 2.05) is 23.2 Å². The van der Waals surface area contributed by atoms with Crippen LogP contribution in [0.4, 0.5) is 10.1 Å². The lowest BCUT2D eigenvalue weighted by Gasteiger charge is -2.17. The Kier molecular flexibility index (Phi) is 3.30. The Balaban J connectivity index is 1.89. The van der Waals surface area contributed by atoms with E-state index in [9.17, 15) is 9.18 Å². The number of fused-ring (bicyclic) bond motifs is 1. The molecule has 1 fully saturated rings. The predicted molar refractivity (Wildman–Crippen MR) is 72.9 cm³/mol. The number of nitrogens with zero attached hydrogens (tertiary/aromatic N) is 3. The van der Waals surface area contributed by atoms with Gasteiger partial charge in [-0.05, 0) is 25.5 Å². The molecule has 0 saturated carbocycles. The molecule has 0 bridgehead atoms. The Morgan fingerprint density at radius 3 is 3.05 bits per heavy atom. The number of ether oxygens (including phenoxy) is 1. The quantitative estimate of drug-likeness (QED) is 0.806. The van der Waals surface area contributed by atoms with Crippen LogP contribution >= 0.6 is 0 Å². The lowest BCUT2D eigenvalue weighted by atomic mass is 10.3. The summed E-state index contributed by atoms with van der Waals surface area (Å²) in [6, 6.07) is 3.72. The molecule has 0 spiro atoms. The molecular formula is C14H16FN3O2. The van der Waals surface area contributed by atoms with Crippen LogP contribution in [0.25, 0.3) is 5.65 Å². The maximum absolute atomic E-state index is 13.2. The second-order valence-corrected chi connectivity index (χ2v) is 4.83. The summed E-state index contributed by atoms with van der Waals surface area (Å²) in [6.07, 6.45) is 3.31. The number of carbonyl (C=O) groups excluding carboxylic acids is 1. The SMILES string of the molecule is CCOC(=O)c1cn2cc(N3CCC(F)C3)ccc2n1. The molecule has 3 heterocycles. The summed E-state index contributed by atoms with van der Waals surface area (Å²) in [5.41, 5.74) is 1.90. The average Bonchev–Trinajstić information content (AvgIpc) is 3.04. The number of alkyl halides is 1. The maximum atomic E-state index is 13.2. The van der Waals surface area contributed by atoms with E-state index < -0.39 is 12.1 Å². The molecule has 5 nitrogen and oxygen atoms in total. The fourth-order valence-corrected chi connectivity index (χ4v) is 2.42. The van der Waals surface area contributed by atoms with E-state index in [4.69, 9.17) is 4.74 Å². The molecule has 106 valence electrons. The van der Waals surface area contributed by atoms with Crippen molar-refractivity contribution < 1.29 is 13.9 Å². The zero-order valence-electron chi connectivity index (χ0n) is 11.3. The molecule has 3 rings (SSSR count). The molecule has 2 aromatic rings. The van der Waals surface area contributed by atoms with Crippen LogP contribution in [0.15, 0.2) is 24.5 Å². The molecule has 0 amide bonds. The lowest BCUT2D eigenvalue weighted by Crippen LogP contribution is -2.20. The summed E-state index contributed by atoms with van der Waals surface area (Å²) < 4.78 is 19.9. The predicted octanol–water partition coefficient (Wildman–Crippen LogP) is 2.06. The number of esters is 1. The van der Waals surface area contributed by atoms with Gasteiger partial charge in [0.15, 0.2) is 5.69 Å². The molecular weight excluding hydrogens is 261 g/mol. The van der Waals surface area contributed by atoms with E-state index in [0.29, 0.717) is 31.8 Å².